The Kier molecular flexibility index (Phi) is 6.49. The number of ether oxygens (including phenoxy) is 2. The van der Waals surface area contributed by atoms with E-state index in [-0.39, 0.29) is 0 Å². The molecule has 27 heavy (non-hydrogen) atoms. The number of aliphatic carboxylic acids is 1. The summed E-state index contributed by atoms with van der Waals surface area (Å²) in [6, 6.07) is 19.2. The third kappa shape index (κ3) is 5.11. The first-order valence-electron chi connectivity index (χ1n) is 8.80. The predicted octanol–water partition coefficient (Wildman–Crippen LogP) is 4.93. The number of aryl methyl sites for hydroxylation is 1. The molecule has 0 saturated carbocycles. The zero-order chi connectivity index (χ0) is 19.1. The molecule has 3 aromatic rings. The Hall–Kier alpha value is -2.79. The molecule has 4 nitrogen and oxygen atoms in total. The van der Waals surface area contributed by atoms with Gasteiger partial charge in [-0.2, -0.15) is 0 Å². The van der Waals surface area contributed by atoms with Crippen LogP contribution in [0.5, 0.6) is 11.5 Å². The molecule has 1 atom stereocenters. The van der Waals surface area contributed by atoms with Gasteiger partial charge in [0, 0.05) is 4.88 Å². The van der Waals surface area contributed by atoms with Crippen molar-refractivity contribution in [2.24, 2.45) is 0 Å². The lowest BCUT2D eigenvalue weighted by Crippen LogP contribution is -2.15. The summed E-state index contributed by atoms with van der Waals surface area (Å²) in [7, 11) is 0. The Morgan fingerprint density at radius 1 is 0.963 bits per heavy atom. The third-order valence-corrected chi connectivity index (χ3v) is 5.26. The van der Waals surface area contributed by atoms with Crippen LogP contribution in [0.4, 0.5) is 0 Å². The summed E-state index contributed by atoms with van der Waals surface area (Å²) in [5.74, 6) is 0.153. The van der Waals surface area contributed by atoms with E-state index in [1.54, 1.807) is 0 Å². The van der Waals surface area contributed by atoms with Gasteiger partial charge in [-0.1, -0.05) is 42.5 Å². The Morgan fingerprint density at radius 3 is 2.30 bits per heavy atom. The molecule has 1 heterocycles. The Bertz CT molecular complexity index is 874. The molecule has 1 unspecified atom stereocenters. The van der Waals surface area contributed by atoms with E-state index in [2.05, 4.69) is 0 Å². The highest BCUT2D eigenvalue weighted by atomic mass is 32.1. The lowest BCUT2D eigenvalue weighted by molar-refractivity contribution is -0.138. The van der Waals surface area contributed by atoms with Crippen LogP contribution in [-0.2, 0) is 11.2 Å². The average Bonchev–Trinajstić information content (AvgIpc) is 3.19. The van der Waals surface area contributed by atoms with Gasteiger partial charge < -0.3 is 14.6 Å². The van der Waals surface area contributed by atoms with Crippen LogP contribution in [0.2, 0.25) is 0 Å². The number of carbonyl (C=O) groups is 1. The van der Waals surface area contributed by atoms with E-state index in [0.717, 1.165) is 21.8 Å². The van der Waals surface area contributed by atoms with Crippen LogP contribution in [-0.4, -0.2) is 24.3 Å². The van der Waals surface area contributed by atoms with Crippen LogP contribution in [0.3, 0.4) is 0 Å². The van der Waals surface area contributed by atoms with E-state index in [1.807, 2.05) is 73.0 Å². The smallest absolute Gasteiger partial charge is 0.312 e. The number of hydrogen-bond acceptors (Lipinski definition) is 4. The summed E-state index contributed by atoms with van der Waals surface area (Å²) in [4.78, 5) is 12.6. The molecule has 0 bridgehead atoms. The zero-order valence-corrected chi connectivity index (χ0v) is 15.9. The highest BCUT2D eigenvalue weighted by Gasteiger charge is 2.22. The highest BCUT2D eigenvalue weighted by Crippen LogP contribution is 2.29. The van der Waals surface area contributed by atoms with Gasteiger partial charge in [-0.25, -0.2) is 0 Å². The summed E-state index contributed by atoms with van der Waals surface area (Å²) < 4.78 is 11.6. The van der Waals surface area contributed by atoms with Crippen LogP contribution in [0, 0.1) is 6.92 Å². The van der Waals surface area contributed by atoms with Crippen molar-refractivity contribution in [2.45, 2.75) is 19.3 Å². The fourth-order valence-electron chi connectivity index (χ4n) is 2.85. The van der Waals surface area contributed by atoms with Crippen molar-refractivity contribution in [1.82, 2.24) is 0 Å². The number of rotatable bonds is 9. The molecule has 0 aliphatic carbocycles. The summed E-state index contributed by atoms with van der Waals surface area (Å²) in [6.45, 7) is 2.82. The van der Waals surface area contributed by atoms with E-state index in [9.17, 15) is 9.90 Å². The molecule has 0 amide bonds. The van der Waals surface area contributed by atoms with Crippen LogP contribution >= 0.6 is 11.3 Å². The number of para-hydroxylation sites is 2. The summed E-state index contributed by atoms with van der Waals surface area (Å²) >= 11 is 1.46. The van der Waals surface area contributed by atoms with Crippen molar-refractivity contribution >= 4 is 17.3 Å². The topological polar surface area (TPSA) is 55.8 Å². The number of benzene rings is 2. The first-order chi connectivity index (χ1) is 13.1. The lowest BCUT2D eigenvalue weighted by atomic mass is 9.97. The first-order valence-corrected chi connectivity index (χ1v) is 9.68. The molecular weight excluding hydrogens is 360 g/mol. The molecule has 0 fully saturated rings. The number of hydrogen-bond donors (Lipinski definition) is 1. The van der Waals surface area contributed by atoms with Gasteiger partial charge in [0.05, 0.1) is 5.92 Å². The second-order valence-electron chi connectivity index (χ2n) is 6.18. The molecule has 0 aliphatic heterocycles. The minimum absolute atomic E-state index is 0.391. The average molecular weight is 382 g/mol. The largest absolute Gasteiger partial charge is 0.490 e. The van der Waals surface area contributed by atoms with Crippen LogP contribution in [0.15, 0.2) is 66.0 Å². The van der Waals surface area contributed by atoms with E-state index < -0.39 is 11.9 Å². The summed E-state index contributed by atoms with van der Waals surface area (Å²) in [6.07, 6.45) is 0.394. The second kappa shape index (κ2) is 9.24. The van der Waals surface area contributed by atoms with Crippen molar-refractivity contribution in [3.8, 4) is 11.5 Å². The van der Waals surface area contributed by atoms with Crippen LogP contribution in [0.1, 0.15) is 21.9 Å². The van der Waals surface area contributed by atoms with Crippen LogP contribution < -0.4 is 9.47 Å². The maximum atomic E-state index is 11.7. The van der Waals surface area contributed by atoms with E-state index in [0.29, 0.717) is 25.4 Å². The van der Waals surface area contributed by atoms with Crippen LogP contribution in [0.25, 0.3) is 0 Å². The molecule has 3 rings (SSSR count). The SMILES string of the molecule is Cc1ccccc1OCCOc1ccccc1CC(C(=O)O)c1cccs1. The zero-order valence-electron chi connectivity index (χ0n) is 15.1. The van der Waals surface area contributed by atoms with Crippen molar-refractivity contribution in [2.75, 3.05) is 13.2 Å². The fourth-order valence-corrected chi connectivity index (χ4v) is 3.67. The number of carboxylic acid groups (broad SMARTS) is 1. The molecule has 0 radical (unpaired) electrons. The minimum Gasteiger partial charge on any atom is -0.490 e. The van der Waals surface area contributed by atoms with Gasteiger partial charge >= 0.3 is 5.97 Å². The standard InChI is InChI=1S/C22H22O4S/c1-16-7-2-4-9-19(16)25-12-13-26-20-10-5-3-8-17(20)15-18(22(23)24)21-11-6-14-27-21/h2-11,14,18H,12-13,15H2,1H3,(H,23,24). The van der Waals surface area contributed by atoms with Gasteiger partial charge in [0.2, 0.25) is 0 Å². The van der Waals surface area contributed by atoms with Gasteiger partial charge in [0.15, 0.2) is 0 Å². The third-order valence-electron chi connectivity index (χ3n) is 4.27. The number of thiophene rings is 1. The van der Waals surface area contributed by atoms with E-state index >= 15 is 0 Å². The molecule has 1 aromatic heterocycles. The first kappa shape index (κ1) is 19.0. The van der Waals surface area contributed by atoms with Gasteiger partial charge in [-0.15, -0.1) is 11.3 Å². The maximum Gasteiger partial charge on any atom is 0.312 e. The Morgan fingerprint density at radius 2 is 1.63 bits per heavy atom. The normalized spacial score (nSPS) is 11.7. The van der Waals surface area contributed by atoms with Gasteiger partial charge in [0.25, 0.3) is 0 Å². The van der Waals surface area contributed by atoms with Crippen molar-refractivity contribution in [3.63, 3.8) is 0 Å². The fraction of sp³-hybridized carbons (Fsp3) is 0.227. The molecule has 0 saturated heterocycles. The predicted molar refractivity (Wildman–Crippen MR) is 107 cm³/mol. The van der Waals surface area contributed by atoms with E-state index in [1.165, 1.54) is 11.3 Å². The quantitative estimate of drug-likeness (QED) is 0.534. The summed E-state index contributed by atoms with van der Waals surface area (Å²) in [5, 5.41) is 11.5. The monoisotopic (exact) mass is 382 g/mol. The van der Waals surface area contributed by atoms with Crippen molar-refractivity contribution < 1.29 is 19.4 Å². The maximum absolute atomic E-state index is 11.7. The molecule has 5 heteroatoms. The second-order valence-corrected chi connectivity index (χ2v) is 7.16. The molecular formula is C22H22O4S. The van der Waals surface area contributed by atoms with Gasteiger partial charge in [-0.05, 0) is 48.1 Å². The molecule has 2 aromatic carbocycles. The highest BCUT2D eigenvalue weighted by molar-refractivity contribution is 7.10. The molecule has 0 aliphatic rings. The van der Waals surface area contributed by atoms with Gasteiger partial charge in [-0.3, -0.25) is 4.79 Å². The molecule has 1 N–H and O–H groups in total. The lowest BCUT2D eigenvalue weighted by Gasteiger charge is -2.15. The molecule has 0 spiro atoms. The minimum atomic E-state index is -0.824. The van der Waals surface area contributed by atoms with Crippen molar-refractivity contribution in [1.29, 1.82) is 0 Å². The Balaban J connectivity index is 1.62. The van der Waals surface area contributed by atoms with E-state index in [4.69, 9.17) is 9.47 Å². The molecule has 140 valence electrons. The van der Waals surface area contributed by atoms with Gasteiger partial charge in [0.1, 0.15) is 24.7 Å². The summed E-state index contributed by atoms with van der Waals surface area (Å²) in [5.41, 5.74) is 1.97. The van der Waals surface area contributed by atoms with Crippen molar-refractivity contribution in [3.05, 3.63) is 82.0 Å². The Labute approximate surface area is 163 Å². The number of carboxylic acids is 1.